The summed E-state index contributed by atoms with van der Waals surface area (Å²) in [4.78, 5) is 0. The molecule has 0 aromatic heterocycles. The van der Waals surface area contributed by atoms with Crippen LogP contribution in [0.5, 0.6) is 11.5 Å². The van der Waals surface area contributed by atoms with E-state index >= 15 is 0 Å². The Labute approximate surface area is 137 Å². The van der Waals surface area contributed by atoms with E-state index in [2.05, 4.69) is 0 Å². The number of rotatable bonds is 3. The summed E-state index contributed by atoms with van der Waals surface area (Å²) < 4.78 is 82.1. The predicted octanol–water partition coefficient (Wildman–Crippen LogP) is 5.66. The second-order valence-corrected chi connectivity index (χ2v) is 5.12. The number of aliphatic hydroxyl groups excluding tert-OH is 1. The number of alkyl halides is 6. The van der Waals surface area contributed by atoms with Crippen LogP contribution in [0.25, 0.3) is 0 Å². The van der Waals surface area contributed by atoms with Gasteiger partial charge in [0.25, 0.3) is 0 Å². The van der Waals surface area contributed by atoms with Gasteiger partial charge in [0.1, 0.15) is 11.5 Å². The molecule has 0 fully saturated rings. The zero-order chi connectivity index (χ0) is 18.1. The monoisotopic (exact) mass is 370 g/mol. The largest absolute Gasteiger partial charge is 0.457 e. The Kier molecular flexibility index (Phi) is 5.00. The third kappa shape index (κ3) is 4.12. The Morgan fingerprint density at radius 1 is 0.833 bits per heavy atom. The zero-order valence-electron chi connectivity index (χ0n) is 11.7. The van der Waals surface area contributed by atoms with Gasteiger partial charge in [-0.2, -0.15) is 26.3 Å². The maximum Gasteiger partial charge on any atom is 0.417 e. The lowest BCUT2D eigenvalue weighted by molar-refractivity contribution is -0.139. The average molecular weight is 371 g/mol. The van der Waals surface area contributed by atoms with Gasteiger partial charge in [0.05, 0.1) is 22.8 Å². The molecule has 0 atom stereocenters. The van der Waals surface area contributed by atoms with Crippen LogP contribution in [0.4, 0.5) is 26.3 Å². The van der Waals surface area contributed by atoms with Crippen LogP contribution in [0.3, 0.4) is 0 Å². The van der Waals surface area contributed by atoms with Gasteiger partial charge in [-0.3, -0.25) is 0 Å². The van der Waals surface area contributed by atoms with Crippen LogP contribution < -0.4 is 4.74 Å². The van der Waals surface area contributed by atoms with Gasteiger partial charge in [0.2, 0.25) is 0 Å². The number of hydrogen-bond donors (Lipinski definition) is 1. The molecular formula is C15H9ClF6O2. The Morgan fingerprint density at radius 3 is 1.83 bits per heavy atom. The van der Waals surface area contributed by atoms with Crippen molar-refractivity contribution < 1.29 is 36.2 Å². The van der Waals surface area contributed by atoms with E-state index in [9.17, 15) is 26.3 Å². The van der Waals surface area contributed by atoms with E-state index in [0.717, 1.165) is 24.3 Å². The summed E-state index contributed by atoms with van der Waals surface area (Å²) in [5.74, 6) is -0.647. The summed E-state index contributed by atoms with van der Waals surface area (Å²) in [6.45, 7) is -0.839. The SMILES string of the molecule is OCc1ccc(Oc2ccc(Cl)c(C(F)(F)F)c2)cc1C(F)(F)F. The van der Waals surface area contributed by atoms with Crippen LogP contribution in [-0.4, -0.2) is 5.11 Å². The highest BCUT2D eigenvalue weighted by molar-refractivity contribution is 6.31. The molecule has 0 saturated carbocycles. The van der Waals surface area contributed by atoms with E-state index < -0.39 is 35.1 Å². The van der Waals surface area contributed by atoms with Gasteiger partial charge in [-0.1, -0.05) is 17.7 Å². The maximum atomic E-state index is 12.9. The molecule has 2 nitrogen and oxygen atoms in total. The minimum absolute atomic E-state index is 0.323. The van der Waals surface area contributed by atoms with Crippen molar-refractivity contribution in [1.29, 1.82) is 0 Å². The second-order valence-electron chi connectivity index (χ2n) is 4.72. The molecule has 0 radical (unpaired) electrons. The van der Waals surface area contributed by atoms with Gasteiger partial charge in [0, 0.05) is 0 Å². The van der Waals surface area contributed by atoms with E-state index in [-0.39, 0.29) is 17.1 Å². The molecule has 0 unspecified atom stereocenters. The highest BCUT2D eigenvalue weighted by atomic mass is 35.5. The first-order valence-corrected chi connectivity index (χ1v) is 6.75. The molecule has 2 aromatic carbocycles. The number of ether oxygens (including phenoxy) is 1. The first-order valence-electron chi connectivity index (χ1n) is 6.38. The third-order valence-electron chi connectivity index (χ3n) is 3.04. The quantitative estimate of drug-likeness (QED) is 0.706. The number of hydrogen-bond acceptors (Lipinski definition) is 2. The smallest absolute Gasteiger partial charge is 0.417 e. The summed E-state index contributed by atoms with van der Waals surface area (Å²) in [6, 6.07) is 5.33. The molecule has 1 N–H and O–H groups in total. The second kappa shape index (κ2) is 6.52. The minimum Gasteiger partial charge on any atom is -0.457 e. The van der Waals surface area contributed by atoms with Crippen LogP contribution in [0.2, 0.25) is 5.02 Å². The standard InChI is InChI=1S/C15H9ClF6O2/c16-13-4-3-10(6-12(13)15(20,21)22)24-9-2-1-8(7-23)11(5-9)14(17,18)19/h1-6,23H,7H2. The highest BCUT2D eigenvalue weighted by Gasteiger charge is 2.35. The maximum absolute atomic E-state index is 12.9. The summed E-state index contributed by atoms with van der Waals surface area (Å²) >= 11 is 5.46. The number of aliphatic hydroxyl groups is 1. The molecule has 130 valence electrons. The fourth-order valence-corrected chi connectivity index (χ4v) is 2.17. The van der Waals surface area contributed by atoms with E-state index in [1.165, 1.54) is 0 Å². The summed E-state index contributed by atoms with van der Waals surface area (Å²) in [5, 5.41) is 8.38. The first kappa shape index (κ1) is 18.4. The van der Waals surface area contributed by atoms with Crippen molar-refractivity contribution in [2.45, 2.75) is 19.0 Å². The lowest BCUT2D eigenvalue weighted by Crippen LogP contribution is -2.09. The molecule has 0 aliphatic carbocycles. The predicted molar refractivity (Wildman–Crippen MR) is 73.9 cm³/mol. The summed E-state index contributed by atoms with van der Waals surface area (Å²) in [7, 11) is 0. The third-order valence-corrected chi connectivity index (χ3v) is 3.37. The van der Waals surface area contributed by atoms with Crippen molar-refractivity contribution in [2.75, 3.05) is 0 Å². The van der Waals surface area contributed by atoms with E-state index in [0.29, 0.717) is 12.1 Å². The van der Waals surface area contributed by atoms with E-state index in [4.69, 9.17) is 21.4 Å². The molecule has 24 heavy (non-hydrogen) atoms. The fraction of sp³-hybridized carbons (Fsp3) is 0.200. The van der Waals surface area contributed by atoms with Crippen LogP contribution in [0.15, 0.2) is 36.4 Å². The van der Waals surface area contributed by atoms with Gasteiger partial charge in [-0.25, -0.2) is 0 Å². The van der Waals surface area contributed by atoms with Crippen LogP contribution in [0, 0.1) is 0 Å². The van der Waals surface area contributed by atoms with E-state index in [1.54, 1.807) is 0 Å². The molecule has 0 heterocycles. The molecule has 0 bridgehead atoms. The van der Waals surface area contributed by atoms with Crippen molar-refractivity contribution in [1.82, 2.24) is 0 Å². The van der Waals surface area contributed by atoms with Crippen molar-refractivity contribution >= 4 is 11.6 Å². The molecule has 2 rings (SSSR count). The van der Waals surface area contributed by atoms with Gasteiger partial charge < -0.3 is 9.84 Å². The average Bonchev–Trinajstić information content (AvgIpc) is 2.47. The molecule has 0 aliphatic heterocycles. The van der Waals surface area contributed by atoms with Crippen LogP contribution in [-0.2, 0) is 19.0 Å². The van der Waals surface area contributed by atoms with Crippen molar-refractivity contribution in [3.8, 4) is 11.5 Å². The van der Waals surface area contributed by atoms with Crippen LogP contribution >= 0.6 is 11.6 Å². The molecule has 0 amide bonds. The van der Waals surface area contributed by atoms with E-state index in [1.807, 2.05) is 0 Å². The van der Waals surface area contributed by atoms with Crippen molar-refractivity contribution in [3.63, 3.8) is 0 Å². The number of halogens is 7. The first-order chi connectivity index (χ1) is 11.0. The number of benzene rings is 2. The molecule has 0 spiro atoms. The van der Waals surface area contributed by atoms with Crippen molar-refractivity contribution in [3.05, 3.63) is 58.1 Å². The molecule has 0 aliphatic rings. The molecule has 0 saturated heterocycles. The Morgan fingerprint density at radius 2 is 1.33 bits per heavy atom. The van der Waals surface area contributed by atoms with Crippen LogP contribution in [0.1, 0.15) is 16.7 Å². The van der Waals surface area contributed by atoms with Crippen molar-refractivity contribution in [2.24, 2.45) is 0 Å². The van der Waals surface area contributed by atoms with Gasteiger partial charge in [-0.05, 0) is 35.9 Å². The normalized spacial score (nSPS) is 12.3. The summed E-state index contributed by atoms with van der Waals surface area (Å²) in [5.41, 5.74) is -2.67. The fourth-order valence-electron chi connectivity index (χ4n) is 1.94. The molecule has 9 heteroatoms. The Hall–Kier alpha value is -1.93. The lowest BCUT2D eigenvalue weighted by Gasteiger charge is -2.15. The Bertz CT molecular complexity index is 740. The lowest BCUT2D eigenvalue weighted by atomic mass is 10.1. The molecule has 2 aromatic rings. The zero-order valence-corrected chi connectivity index (χ0v) is 12.4. The van der Waals surface area contributed by atoms with Gasteiger partial charge >= 0.3 is 12.4 Å². The van der Waals surface area contributed by atoms with Gasteiger partial charge in [-0.15, -0.1) is 0 Å². The topological polar surface area (TPSA) is 29.5 Å². The minimum atomic E-state index is -4.74. The highest BCUT2D eigenvalue weighted by Crippen LogP contribution is 2.39. The summed E-state index contributed by atoms with van der Waals surface area (Å²) in [6.07, 6.45) is -9.47. The molecular weight excluding hydrogens is 362 g/mol. The Balaban J connectivity index is 2.39. The van der Waals surface area contributed by atoms with Gasteiger partial charge in [0.15, 0.2) is 0 Å².